The number of ether oxygens (including phenoxy) is 1. The summed E-state index contributed by atoms with van der Waals surface area (Å²) in [5.74, 6) is 0.930. The number of rotatable bonds is 3. The molecular weight excluding hydrogens is 268 g/mol. The van der Waals surface area contributed by atoms with Crippen LogP contribution in [0.25, 0.3) is 0 Å². The lowest BCUT2D eigenvalue weighted by molar-refractivity contribution is 0.111. The summed E-state index contributed by atoms with van der Waals surface area (Å²) in [6.45, 7) is 3.72. The van der Waals surface area contributed by atoms with Gasteiger partial charge in [0.1, 0.15) is 24.1 Å². The predicted molar refractivity (Wildman–Crippen MR) is 81.3 cm³/mol. The number of phenolic OH excluding ortho intramolecular Hbond substituents is 1. The van der Waals surface area contributed by atoms with Crippen molar-refractivity contribution in [2.24, 2.45) is 0 Å². The zero-order valence-electron chi connectivity index (χ0n) is 12.3. The molecule has 0 atom stereocenters. The van der Waals surface area contributed by atoms with Gasteiger partial charge in [-0.2, -0.15) is 0 Å². The van der Waals surface area contributed by atoms with Gasteiger partial charge in [-0.1, -0.05) is 24.3 Å². The molecule has 1 N–H and O–H groups in total. The van der Waals surface area contributed by atoms with Crippen LogP contribution in [0.15, 0.2) is 36.4 Å². The number of phenols is 1. The Morgan fingerprint density at radius 1 is 0.905 bits per heavy atom. The molecule has 0 heterocycles. The Labute approximate surface area is 124 Å². The third kappa shape index (κ3) is 4.76. The van der Waals surface area contributed by atoms with Crippen LogP contribution in [0.3, 0.4) is 0 Å². The summed E-state index contributed by atoms with van der Waals surface area (Å²) in [6.07, 6.45) is 1.52. The van der Waals surface area contributed by atoms with E-state index < -0.39 is 0 Å². The molecule has 0 aliphatic carbocycles. The normalized spacial score (nSPS) is 9.29. The SMILES string of the molecule is COc1cc(C=O)ccc1C.Cc1ccc(C=O)cc1O. The zero-order valence-corrected chi connectivity index (χ0v) is 12.3. The molecule has 0 aliphatic rings. The first-order valence-corrected chi connectivity index (χ1v) is 6.36. The summed E-state index contributed by atoms with van der Waals surface area (Å²) in [5.41, 5.74) is 2.97. The van der Waals surface area contributed by atoms with Crippen molar-refractivity contribution in [1.29, 1.82) is 0 Å². The Balaban J connectivity index is 0.000000211. The monoisotopic (exact) mass is 286 g/mol. The van der Waals surface area contributed by atoms with E-state index in [2.05, 4.69) is 0 Å². The molecule has 110 valence electrons. The van der Waals surface area contributed by atoms with Gasteiger partial charge in [0, 0.05) is 11.1 Å². The van der Waals surface area contributed by atoms with Crippen LogP contribution in [0.5, 0.6) is 11.5 Å². The van der Waals surface area contributed by atoms with Gasteiger partial charge in [-0.25, -0.2) is 0 Å². The van der Waals surface area contributed by atoms with Crippen molar-refractivity contribution in [3.63, 3.8) is 0 Å². The summed E-state index contributed by atoms with van der Waals surface area (Å²) in [4.78, 5) is 20.5. The summed E-state index contributed by atoms with van der Waals surface area (Å²) < 4.78 is 5.03. The van der Waals surface area contributed by atoms with Crippen LogP contribution in [0.4, 0.5) is 0 Å². The minimum absolute atomic E-state index is 0.171. The predicted octanol–water partition coefficient (Wildman–Crippen LogP) is 3.33. The molecule has 2 rings (SSSR count). The first kappa shape index (κ1) is 16.4. The molecule has 0 aromatic heterocycles. The van der Waals surface area contributed by atoms with Gasteiger partial charge < -0.3 is 9.84 Å². The van der Waals surface area contributed by atoms with Gasteiger partial charge in [0.2, 0.25) is 0 Å². The summed E-state index contributed by atoms with van der Waals surface area (Å²) in [6, 6.07) is 10.2. The van der Waals surface area contributed by atoms with Crippen molar-refractivity contribution in [2.75, 3.05) is 7.11 Å². The fraction of sp³-hybridized carbons (Fsp3) is 0.176. The maximum absolute atomic E-state index is 10.3. The smallest absolute Gasteiger partial charge is 0.150 e. The minimum atomic E-state index is 0.171. The first-order valence-electron chi connectivity index (χ1n) is 6.36. The van der Waals surface area contributed by atoms with Gasteiger partial charge in [-0.3, -0.25) is 9.59 Å². The fourth-order valence-electron chi connectivity index (χ4n) is 1.61. The van der Waals surface area contributed by atoms with Crippen LogP contribution in [-0.4, -0.2) is 24.8 Å². The van der Waals surface area contributed by atoms with Crippen LogP contribution in [0.2, 0.25) is 0 Å². The van der Waals surface area contributed by atoms with E-state index >= 15 is 0 Å². The number of hydrogen-bond donors (Lipinski definition) is 1. The van der Waals surface area contributed by atoms with E-state index in [1.165, 1.54) is 6.07 Å². The molecule has 0 bridgehead atoms. The molecule has 0 spiro atoms. The number of hydrogen-bond acceptors (Lipinski definition) is 4. The second-order valence-corrected chi connectivity index (χ2v) is 4.51. The summed E-state index contributed by atoms with van der Waals surface area (Å²) >= 11 is 0. The second-order valence-electron chi connectivity index (χ2n) is 4.51. The highest BCUT2D eigenvalue weighted by molar-refractivity contribution is 5.76. The standard InChI is InChI=1S/C9H10O2.C8H8O2/c1-7-3-4-8(6-10)5-9(7)11-2;1-6-2-3-7(5-9)4-8(6)10/h3-6H,1-2H3;2-5,10H,1H3. The van der Waals surface area contributed by atoms with E-state index in [0.29, 0.717) is 17.4 Å². The van der Waals surface area contributed by atoms with Crippen molar-refractivity contribution in [3.8, 4) is 11.5 Å². The van der Waals surface area contributed by atoms with Gasteiger partial charge in [0.15, 0.2) is 0 Å². The highest BCUT2D eigenvalue weighted by atomic mass is 16.5. The summed E-state index contributed by atoms with van der Waals surface area (Å²) in [5, 5.41) is 9.07. The van der Waals surface area contributed by atoms with Crippen LogP contribution in [0, 0.1) is 13.8 Å². The lowest BCUT2D eigenvalue weighted by Gasteiger charge is -2.03. The second kappa shape index (κ2) is 7.85. The lowest BCUT2D eigenvalue weighted by atomic mass is 10.1. The third-order valence-corrected chi connectivity index (χ3v) is 2.94. The van der Waals surface area contributed by atoms with E-state index in [0.717, 1.165) is 23.2 Å². The molecule has 2 aromatic rings. The van der Waals surface area contributed by atoms with Crippen LogP contribution < -0.4 is 4.74 Å². The fourth-order valence-corrected chi connectivity index (χ4v) is 1.61. The molecule has 2 aromatic carbocycles. The highest BCUT2D eigenvalue weighted by Gasteiger charge is 1.97. The number of aldehydes is 2. The molecule has 0 fully saturated rings. The molecular formula is C17H18O4. The number of methoxy groups -OCH3 is 1. The van der Waals surface area contributed by atoms with Crippen LogP contribution in [0.1, 0.15) is 31.8 Å². The number of carbonyl (C=O) groups excluding carboxylic acids is 2. The van der Waals surface area contributed by atoms with Gasteiger partial charge in [-0.15, -0.1) is 0 Å². The van der Waals surface area contributed by atoms with Gasteiger partial charge in [-0.05, 0) is 37.1 Å². The lowest BCUT2D eigenvalue weighted by Crippen LogP contribution is -1.88. The third-order valence-electron chi connectivity index (χ3n) is 2.94. The minimum Gasteiger partial charge on any atom is -0.508 e. The summed E-state index contributed by atoms with van der Waals surface area (Å²) in [7, 11) is 1.59. The Morgan fingerprint density at radius 2 is 1.43 bits per heavy atom. The average Bonchev–Trinajstić information content (AvgIpc) is 2.51. The van der Waals surface area contributed by atoms with E-state index in [9.17, 15) is 9.59 Å². The first-order chi connectivity index (χ1) is 10.0. The molecule has 0 saturated carbocycles. The number of benzene rings is 2. The van der Waals surface area contributed by atoms with E-state index in [-0.39, 0.29) is 5.75 Å². The Hall–Kier alpha value is -2.62. The van der Waals surface area contributed by atoms with E-state index in [1.54, 1.807) is 38.3 Å². The quantitative estimate of drug-likeness (QED) is 0.879. The topological polar surface area (TPSA) is 63.6 Å². The van der Waals surface area contributed by atoms with Gasteiger partial charge in [0.05, 0.1) is 7.11 Å². The Kier molecular flexibility index (Phi) is 6.14. The van der Waals surface area contributed by atoms with Crippen molar-refractivity contribution >= 4 is 12.6 Å². The maximum atomic E-state index is 10.3. The highest BCUT2D eigenvalue weighted by Crippen LogP contribution is 2.17. The molecule has 0 amide bonds. The van der Waals surface area contributed by atoms with Crippen molar-refractivity contribution < 1.29 is 19.4 Å². The molecule has 21 heavy (non-hydrogen) atoms. The number of aromatic hydroxyl groups is 1. The molecule has 4 nitrogen and oxygen atoms in total. The maximum Gasteiger partial charge on any atom is 0.150 e. The van der Waals surface area contributed by atoms with E-state index in [4.69, 9.17) is 9.84 Å². The largest absolute Gasteiger partial charge is 0.508 e. The Bertz CT molecular complexity index is 633. The van der Waals surface area contributed by atoms with E-state index in [1.807, 2.05) is 13.0 Å². The molecule has 4 heteroatoms. The Morgan fingerprint density at radius 3 is 1.90 bits per heavy atom. The zero-order chi connectivity index (χ0) is 15.8. The van der Waals surface area contributed by atoms with Crippen molar-refractivity contribution in [1.82, 2.24) is 0 Å². The van der Waals surface area contributed by atoms with Gasteiger partial charge >= 0.3 is 0 Å². The average molecular weight is 286 g/mol. The molecule has 0 radical (unpaired) electrons. The molecule has 0 aliphatic heterocycles. The van der Waals surface area contributed by atoms with Crippen LogP contribution in [-0.2, 0) is 0 Å². The van der Waals surface area contributed by atoms with Crippen LogP contribution >= 0.6 is 0 Å². The van der Waals surface area contributed by atoms with Crippen molar-refractivity contribution in [2.45, 2.75) is 13.8 Å². The van der Waals surface area contributed by atoms with Crippen molar-refractivity contribution in [3.05, 3.63) is 58.7 Å². The molecule has 0 unspecified atom stereocenters. The van der Waals surface area contributed by atoms with Gasteiger partial charge in [0.25, 0.3) is 0 Å². The number of aryl methyl sites for hydroxylation is 2. The number of carbonyl (C=O) groups is 2. The molecule has 0 saturated heterocycles.